The number of rotatable bonds is 9. The molecule has 2 fully saturated rings. The van der Waals surface area contributed by atoms with Crippen molar-refractivity contribution >= 4 is 16.9 Å². The molecule has 5 rings (SSSR count). The number of carbonyl (C=O) groups is 1. The van der Waals surface area contributed by atoms with Crippen LogP contribution in [0.4, 0.5) is 0 Å². The third-order valence-electron chi connectivity index (χ3n) is 7.15. The van der Waals surface area contributed by atoms with Crippen LogP contribution in [0.2, 0.25) is 0 Å². The van der Waals surface area contributed by atoms with Crippen molar-refractivity contribution in [2.24, 2.45) is 0 Å². The van der Waals surface area contributed by atoms with Crippen LogP contribution in [0.25, 0.3) is 11.0 Å². The van der Waals surface area contributed by atoms with Crippen molar-refractivity contribution < 1.29 is 14.3 Å². The molecule has 1 saturated heterocycles. The molecule has 1 amide bonds. The highest BCUT2D eigenvalue weighted by atomic mass is 16.5. The van der Waals surface area contributed by atoms with E-state index in [2.05, 4.69) is 22.1 Å². The zero-order valence-electron chi connectivity index (χ0n) is 19.9. The van der Waals surface area contributed by atoms with Crippen molar-refractivity contribution in [2.45, 2.75) is 57.0 Å². The summed E-state index contributed by atoms with van der Waals surface area (Å²) < 4.78 is 13.9. The number of hydrogen-bond acceptors (Lipinski definition) is 4. The first-order valence-corrected chi connectivity index (χ1v) is 12.3. The van der Waals surface area contributed by atoms with Gasteiger partial charge in [0.1, 0.15) is 12.4 Å². The minimum atomic E-state index is 0.119. The van der Waals surface area contributed by atoms with Crippen LogP contribution in [0.15, 0.2) is 55.1 Å². The van der Waals surface area contributed by atoms with E-state index in [1.165, 1.54) is 12.8 Å². The summed E-state index contributed by atoms with van der Waals surface area (Å²) in [5, 5.41) is 0. The van der Waals surface area contributed by atoms with Gasteiger partial charge in [-0.15, -0.1) is 6.58 Å². The third kappa shape index (κ3) is 4.41. The number of carbonyl (C=O) groups excluding carboxylic acids is 1. The normalized spacial score (nSPS) is 18.7. The Labute approximate surface area is 201 Å². The van der Waals surface area contributed by atoms with Crippen LogP contribution >= 0.6 is 0 Å². The van der Waals surface area contributed by atoms with E-state index < -0.39 is 0 Å². The van der Waals surface area contributed by atoms with Gasteiger partial charge in [-0.1, -0.05) is 37.1 Å². The molecular weight excluding hydrogens is 426 g/mol. The van der Waals surface area contributed by atoms with Crippen LogP contribution in [0.1, 0.15) is 49.4 Å². The highest BCUT2D eigenvalue weighted by Crippen LogP contribution is 2.35. The number of ether oxygens (including phenoxy) is 2. The summed E-state index contributed by atoms with van der Waals surface area (Å²) in [6, 6.07) is 14.6. The summed E-state index contributed by atoms with van der Waals surface area (Å²) >= 11 is 0. The van der Waals surface area contributed by atoms with Crippen molar-refractivity contribution in [1.29, 1.82) is 0 Å². The van der Waals surface area contributed by atoms with Gasteiger partial charge >= 0.3 is 0 Å². The van der Waals surface area contributed by atoms with E-state index in [4.69, 9.17) is 14.5 Å². The Morgan fingerprint density at radius 1 is 1.15 bits per heavy atom. The number of methoxy groups -OCH3 is 1. The number of fused-ring (bicyclic) bond motifs is 1. The zero-order valence-corrected chi connectivity index (χ0v) is 19.9. The molecule has 0 N–H and O–H groups in total. The quantitative estimate of drug-likeness (QED) is 0.417. The molecule has 34 heavy (non-hydrogen) atoms. The summed E-state index contributed by atoms with van der Waals surface area (Å²) in [7, 11) is 1.66. The molecule has 0 radical (unpaired) electrons. The largest absolute Gasteiger partial charge is 0.493 e. The highest BCUT2D eigenvalue weighted by Gasteiger charge is 2.38. The van der Waals surface area contributed by atoms with Crippen molar-refractivity contribution in [3.8, 4) is 11.5 Å². The van der Waals surface area contributed by atoms with Gasteiger partial charge in [-0.2, -0.15) is 0 Å². The molecule has 2 aromatic carbocycles. The summed E-state index contributed by atoms with van der Waals surface area (Å²) in [5.74, 6) is 2.84. The first-order chi connectivity index (χ1) is 16.7. The minimum absolute atomic E-state index is 0.119. The first-order valence-electron chi connectivity index (χ1n) is 12.3. The first kappa shape index (κ1) is 22.5. The van der Waals surface area contributed by atoms with Crippen LogP contribution < -0.4 is 9.47 Å². The predicted octanol–water partition coefficient (Wildman–Crippen LogP) is 5.11. The fraction of sp³-hybridized carbons (Fsp3) is 0.429. The Morgan fingerprint density at radius 3 is 2.76 bits per heavy atom. The number of hydrogen-bond donors (Lipinski definition) is 0. The molecule has 0 spiro atoms. The Morgan fingerprint density at radius 2 is 1.97 bits per heavy atom. The molecule has 1 unspecified atom stereocenters. The molecule has 2 heterocycles. The maximum atomic E-state index is 12.9. The van der Waals surface area contributed by atoms with Crippen LogP contribution in [-0.2, 0) is 17.8 Å². The number of amides is 1. The fourth-order valence-electron chi connectivity index (χ4n) is 5.49. The fourth-order valence-corrected chi connectivity index (χ4v) is 5.49. The molecule has 1 saturated carbocycles. The molecule has 0 bridgehead atoms. The molecule has 2 aliphatic rings. The summed E-state index contributed by atoms with van der Waals surface area (Å²) in [4.78, 5) is 20.0. The topological polar surface area (TPSA) is 56.6 Å². The molecule has 6 heteroatoms. The lowest BCUT2D eigenvalue weighted by atomic mass is 10.1. The number of imidazole rings is 1. The summed E-state index contributed by atoms with van der Waals surface area (Å²) in [6.07, 6.45) is 7.94. The van der Waals surface area contributed by atoms with E-state index in [0.29, 0.717) is 25.6 Å². The average Bonchev–Trinajstić information content (AvgIpc) is 3.59. The van der Waals surface area contributed by atoms with Gasteiger partial charge in [0.15, 0.2) is 11.5 Å². The predicted molar refractivity (Wildman–Crippen MR) is 133 cm³/mol. The minimum Gasteiger partial charge on any atom is -0.493 e. The zero-order chi connectivity index (χ0) is 23.5. The lowest BCUT2D eigenvalue weighted by Gasteiger charge is -2.24. The van der Waals surface area contributed by atoms with Crippen LogP contribution in [0.5, 0.6) is 11.5 Å². The molecular formula is C28H33N3O3. The van der Waals surface area contributed by atoms with E-state index >= 15 is 0 Å². The summed E-state index contributed by atoms with van der Waals surface area (Å²) in [5.41, 5.74) is 3.19. The van der Waals surface area contributed by atoms with Gasteiger partial charge in [-0.3, -0.25) is 4.79 Å². The van der Waals surface area contributed by atoms with Gasteiger partial charge < -0.3 is 18.9 Å². The number of aromatic nitrogens is 2. The molecule has 1 atom stereocenters. The lowest BCUT2D eigenvalue weighted by molar-refractivity contribution is -0.129. The van der Waals surface area contributed by atoms with E-state index in [9.17, 15) is 4.79 Å². The second-order valence-corrected chi connectivity index (χ2v) is 9.32. The number of nitrogens with zero attached hydrogens (tertiary/aromatic N) is 3. The Kier molecular flexibility index (Phi) is 6.57. The second-order valence-electron chi connectivity index (χ2n) is 9.32. The van der Waals surface area contributed by atoms with Crippen molar-refractivity contribution in [3.63, 3.8) is 0 Å². The maximum Gasteiger partial charge on any atom is 0.223 e. The Bertz CT molecular complexity index is 1180. The Hall–Kier alpha value is -3.28. The number of benzene rings is 2. The average molecular weight is 460 g/mol. The molecule has 1 aromatic heterocycles. The molecule has 3 aromatic rings. The second kappa shape index (κ2) is 9.92. The third-order valence-corrected chi connectivity index (χ3v) is 7.15. The van der Waals surface area contributed by atoms with Gasteiger partial charge in [0.2, 0.25) is 5.91 Å². The number of para-hydroxylation sites is 2. The van der Waals surface area contributed by atoms with Gasteiger partial charge in [-0.05, 0) is 49.1 Å². The molecule has 1 aliphatic heterocycles. The standard InChI is InChI=1S/C28H33N3O3/c1-3-8-20-13-14-25(26(17-20)33-2)34-16-15-30-24-12-7-6-11-23(24)29-28(30)21-18-27(32)31(19-21)22-9-4-5-10-22/h3,6-7,11-14,17,21-22H,1,4-5,8-10,15-16,18-19H2,2H3. The van der Waals surface area contributed by atoms with Gasteiger partial charge in [-0.25, -0.2) is 4.98 Å². The van der Waals surface area contributed by atoms with E-state index in [0.717, 1.165) is 59.7 Å². The SMILES string of the molecule is C=CCc1ccc(OCCn2c(C3CC(=O)N(C4CCCC4)C3)nc3ccccc32)c(OC)c1. The van der Waals surface area contributed by atoms with Crippen molar-refractivity contribution in [1.82, 2.24) is 14.5 Å². The number of allylic oxidation sites excluding steroid dienone is 1. The number of likely N-dealkylation sites (tertiary alicyclic amines) is 1. The van der Waals surface area contributed by atoms with E-state index in [-0.39, 0.29) is 11.8 Å². The van der Waals surface area contributed by atoms with Crippen molar-refractivity contribution in [3.05, 3.63) is 66.5 Å². The monoisotopic (exact) mass is 459 g/mol. The van der Waals surface area contributed by atoms with Crippen molar-refractivity contribution in [2.75, 3.05) is 20.3 Å². The molecule has 178 valence electrons. The van der Waals surface area contributed by atoms with Gasteiger partial charge in [0, 0.05) is 24.9 Å². The highest BCUT2D eigenvalue weighted by molar-refractivity contribution is 5.81. The van der Waals surface area contributed by atoms with Crippen LogP contribution in [0.3, 0.4) is 0 Å². The maximum absolute atomic E-state index is 12.9. The Balaban J connectivity index is 1.35. The van der Waals surface area contributed by atoms with Crippen LogP contribution in [0, 0.1) is 0 Å². The summed E-state index contributed by atoms with van der Waals surface area (Å²) in [6.45, 7) is 5.71. The van der Waals surface area contributed by atoms with E-state index in [1.54, 1.807) is 7.11 Å². The molecule has 6 nitrogen and oxygen atoms in total. The van der Waals surface area contributed by atoms with Gasteiger partial charge in [0.25, 0.3) is 0 Å². The van der Waals surface area contributed by atoms with Gasteiger partial charge in [0.05, 0.1) is 24.7 Å². The smallest absolute Gasteiger partial charge is 0.223 e. The van der Waals surface area contributed by atoms with Crippen LogP contribution in [-0.4, -0.2) is 46.7 Å². The lowest BCUT2D eigenvalue weighted by Crippen LogP contribution is -2.34. The van der Waals surface area contributed by atoms with E-state index in [1.807, 2.05) is 42.5 Å². The molecule has 1 aliphatic carbocycles.